The van der Waals surface area contributed by atoms with Gasteiger partial charge in [0.1, 0.15) is 0 Å². The van der Waals surface area contributed by atoms with Crippen molar-refractivity contribution in [3.05, 3.63) is 24.3 Å². The van der Waals surface area contributed by atoms with Crippen molar-refractivity contribution in [1.29, 1.82) is 0 Å². The van der Waals surface area contributed by atoms with E-state index in [0.29, 0.717) is 25.7 Å². The topological polar surface area (TPSA) is 60.7 Å². The van der Waals surface area contributed by atoms with Gasteiger partial charge in [-0.25, -0.2) is 0 Å². The maximum absolute atomic E-state index is 9.41. The Hall–Kier alpha value is -0.640. The van der Waals surface area contributed by atoms with Crippen molar-refractivity contribution in [2.24, 2.45) is 0 Å². The van der Waals surface area contributed by atoms with Crippen molar-refractivity contribution in [2.75, 3.05) is 6.61 Å². The van der Waals surface area contributed by atoms with Crippen LogP contribution in [0.15, 0.2) is 24.3 Å². The van der Waals surface area contributed by atoms with E-state index in [1.165, 1.54) is 0 Å². The van der Waals surface area contributed by atoms with Gasteiger partial charge >= 0.3 is 0 Å². The van der Waals surface area contributed by atoms with Crippen LogP contribution < -0.4 is 0 Å². The first kappa shape index (κ1) is 14.4. The second-order valence-electron chi connectivity index (χ2n) is 3.56. The Morgan fingerprint density at radius 3 is 2.47 bits per heavy atom. The summed E-state index contributed by atoms with van der Waals surface area (Å²) in [5.41, 5.74) is 0. The fourth-order valence-corrected chi connectivity index (χ4v) is 1.19. The van der Waals surface area contributed by atoms with Crippen molar-refractivity contribution in [3.63, 3.8) is 0 Å². The molecule has 0 fully saturated rings. The minimum atomic E-state index is -0.466. The van der Waals surface area contributed by atoms with Crippen LogP contribution in [0.1, 0.15) is 32.6 Å². The maximum atomic E-state index is 9.41. The lowest BCUT2D eigenvalue weighted by Gasteiger charge is -2.06. The average molecular weight is 214 g/mol. The van der Waals surface area contributed by atoms with E-state index in [9.17, 15) is 10.2 Å². The largest absolute Gasteiger partial charge is 0.396 e. The first-order valence-electron chi connectivity index (χ1n) is 5.45. The Labute approximate surface area is 91.8 Å². The molecule has 0 aliphatic rings. The molecule has 3 heteroatoms. The molecular formula is C12H22O3. The van der Waals surface area contributed by atoms with Crippen molar-refractivity contribution in [2.45, 2.75) is 44.8 Å². The van der Waals surface area contributed by atoms with Gasteiger partial charge in [0, 0.05) is 6.61 Å². The van der Waals surface area contributed by atoms with Gasteiger partial charge in [-0.15, -0.1) is 0 Å². The van der Waals surface area contributed by atoms with E-state index in [4.69, 9.17) is 5.11 Å². The van der Waals surface area contributed by atoms with E-state index in [2.05, 4.69) is 0 Å². The third kappa shape index (κ3) is 9.66. The number of rotatable bonds is 8. The van der Waals surface area contributed by atoms with Crippen LogP contribution in [0, 0.1) is 0 Å². The van der Waals surface area contributed by atoms with Crippen LogP contribution in [0.4, 0.5) is 0 Å². The van der Waals surface area contributed by atoms with E-state index in [-0.39, 0.29) is 6.61 Å². The number of aliphatic hydroxyl groups excluding tert-OH is 3. The van der Waals surface area contributed by atoms with Gasteiger partial charge in [-0.05, 0) is 32.6 Å². The SMILES string of the molecule is C/C=C/C[C@H](O)/C=C/C[C@H](O)CCCO. The molecule has 2 atom stereocenters. The molecule has 0 heterocycles. The number of aliphatic hydroxyl groups is 3. The van der Waals surface area contributed by atoms with E-state index in [0.717, 1.165) is 0 Å². The fourth-order valence-electron chi connectivity index (χ4n) is 1.19. The fraction of sp³-hybridized carbons (Fsp3) is 0.667. The van der Waals surface area contributed by atoms with E-state index in [1.807, 2.05) is 19.1 Å². The van der Waals surface area contributed by atoms with Gasteiger partial charge in [-0.2, -0.15) is 0 Å². The molecule has 0 bridgehead atoms. The van der Waals surface area contributed by atoms with Gasteiger partial charge in [0.15, 0.2) is 0 Å². The lowest BCUT2D eigenvalue weighted by atomic mass is 10.1. The molecule has 3 nitrogen and oxygen atoms in total. The summed E-state index contributed by atoms with van der Waals surface area (Å²) in [5.74, 6) is 0. The van der Waals surface area contributed by atoms with Gasteiger partial charge in [0.2, 0.25) is 0 Å². The Kier molecular flexibility index (Phi) is 9.48. The summed E-state index contributed by atoms with van der Waals surface area (Å²) in [6.07, 6.45) is 8.77. The molecule has 0 saturated carbocycles. The standard InChI is InChI=1S/C12H22O3/c1-2-3-6-11(14)7-4-8-12(15)9-5-10-13/h2-4,7,11-15H,5-6,8-10H2,1H3/b3-2+,7-4+/t11-,12-/m0/s1. The zero-order chi connectivity index (χ0) is 11.5. The highest BCUT2D eigenvalue weighted by Crippen LogP contribution is 2.03. The van der Waals surface area contributed by atoms with Crippen LogP contribution in [0.25, 0.3) is 0 Å². The zero-order valence-electron chi connectivity index (χ0n) is 9.34. The van der Waals surface area contributed by atoms with Crippen molar-refractivity contribution in [3.8, 4) is 0 Å². The Morgan fingerprint density at radius 1 is 1.13 bits per heavy atom. The van der Waals surface area contributed by atoms with Gasteiger partial charge in [-0.1, -0.05) is 24.3 Å². The first-order valence-corrected chi connectivity index (χ1v) is 5.45. The Bertz CT molecular complexity index is 187. The minimum absolute atomic E-state index is 0.116. The quantitative estimate of drug-likeness (QED) is 0.535. The molecule has 88 valence electrons. The molecule has 15 heavy (non-hydrogen) atoms. The van der Waals surface area contributed by atoms with Crippen LogP contribution in [0.5, 0.6) is 0 Å². The maximum Gasteiger partial charge on any atom is 0.0755 e. The van der Waals surface area contributed by atoms with Gasteiger partial charge in [-0.3, -0.25) is 0 Å². The third-order valence-corrected chi connectivity index (χ3v) is 2.08. The van der Waals surface area contributed by atoms with Crippen molar-refractivity contribution in [1.82, 2.24) is 0 Å². The van der Waals surface area contributed by atoms with Crippen LogP contribution in [-0.2, 0) is 0 Å². The van der Waals surface area contributed by atoms with E-state index < -0.39 is 12.2 Å². The smallest absolute Gasteiger partial charge is 0.0755 e. The molecule has 0 spiro atoms. The molecule has 0 aromatic heterocycles. The van der Waals surface area contributed by atoms with Gasteiger partial charge < -0.3 is 15.3 Å². The predicted molar refractivity (Wildman–Crippen MR) is 61.5 cm³/mol. The summed E-state index contributed by atoms with van der Waals surface area (Å²) in [6.45, 7) is 2.03. The summed E-state index contributed by atoms with van der Waals surface area (Å²) in [6, 6.07) is 0. The molecule has 0 radical (unpaired) electrons. The highest BCUT2D eigenvalue weighted by Gasteiger charge is 2.01. The lowest BCUT2D eigenvalue weighted by molar-refractivity contribution is 0.152. The van der Waals surface area contributed by atoms with E-state index >= 15 is 0 Å². The molecule has 0 saturated heterocycles. The normalized spacial score (nSPS) is 16.3. The number of hydrogen-bond acceptors (Lipinski definition) is 3. The van der Waals surface area contributed by atoms with Crippen LogP contribution >= 0.6 is 0 Å². The molecule has 0 amide bonds. The highest BCUT2D eigenvalue weighted by molar-refractivity contribution is 4.94. The third-order valence-electron chi connectivity index (χ3n) is 2.08. The van der Waals surface area contributed by atoms with Crippen LogP contribution in [0.2, 0.25) is 0 Å². The van der Waals surface area contributed by atoms with Crippen molar-refractivity contribution >= 4 is 0 Å². The van der Waals surface area contributed by atoms with Crippen LogP contribution in [-0.4, -0.2) is 34.1 Å². The van der Waals surface area contributed by atoms with Crippen molar-refractivity contribution < 1.29 is 15.3 Å². The minimum Gasteiger partial charge on any atom is -0.396 e. The highest BCUT2D eigenvalue weighted by atomic mass is 16.3. The molecule has 0 unspecified atom stereocenters. The Morgan fingerprint density at radius 2 is 1.87 bits per heavy atom. The molecule has 0 aromatic rings. The summed E-state index contributed by atoms with van der Waals surface area (Å²) in [7, 11) is 0. The van der Waals surface area contributed by atoms with Crippen LogP contribution in [0.3, 0.4) is 0 Å². The summed E-state index contributed by atoms with van der Waals surface area (Å²) >= 11 is 0. The molecule has 0 aliphatic carbocycles. The summed E-state index contributed by atoms with van der Waals surface area (Å²) in [5, 5.41) is 27.4. The molecular weight excluding hydrogens is 192 g/mol. The molecule has 0 aliphatic heterocycles. The Balaban J connectivity index is 3.58. The number of allylic oxidation sites excluding steroid dienone is 1. The lowest BCUT2D eigenvalue weighted by Crippen LogP contribution is -2.06. The molecule has 0 rings (SSSR count). The second kappa shape index (κ2) is 9.90. The predicted octanol–water partition coefficient (Wildman–Crippen LogP) is 1.39. The van der Waals surface area contributed by atoms with Gasteiger partial charge in [0.25, 0.3) is 0 Å². The first-order chi connectivity index (χ1) is 7.20. The number of hydrogen-bond donors (Lipinski definition) is 3. The summed E-state index contributed by atoms with van der Waals surface area (Å²) in [4.78, 5) is 0. The molecule has 0 aromatic carbocycles. The molecule has 3 N–H and O–H groups in total. The van der Waals surface area contributed by atoms with E-state index in [1.54, 1.807) is 12.2 Å². The zero-order valence-corrected chi connectivity index (χ0v) is 9.34. The summed E-state index contributed by atoms with van der Waals surface area (Å²) < 4.78 is 0. The van der Waals surface area contributed by atoms with Gasteiger partial charge in [0.05, 0.1) is 12.2 Å². The second-order valence-corrected chi connectivity index (χ2v) is 3.56. The monoisotopic (exact) mass is 214 g/mol. The average Bonchev–Trinajstić information content (AvgIpc) is 2.23.